The average molecular weight is 666 g/mol. The van der Waals surface area contributed by atoms with Gasteiger partial charge in [-0.05, 0) is 63.9 Å². The lowest BCUT2D eigenvalue weighted by Crippen LogP contribution is -2.62. The molecule has 5 atom stereocenters. The number of aliphatic carboxylic acids is 1. The normalized spacial score (nSPS) is 23.5. The Morgan fingerprint density at radius 1 is 0.875 bits per heavy atom. The van der Waals surface area contributed by atoms with Crippen molar-refractivity contribution in [3.05, 3.63) is 65.7 Å². The minimum atomic E-state index is -2.54. The van der Waals surface area contributed by atoms with Crippen molar-refractivity contribution in [3.8, 4) is 5.75 Å². The van der Waals surface area contributed by atoms with Crippen molar-refractivity contribution < 1.29 is 48.0 Å². The summed E-state index contributed by atoms with van der Waals surface area (Å²) < 4.78 is 22.4. The van der Waals surface area contributed by atoms with E-state index in [4.69, 9.17) is 18.9 Å². The molecule has 3 fully saturated rings. The van der Waals surface area contributed by atoms with Crippen LogP contribution in [0.1, 0.15) is 44.7 Å². The van der Waals surface area contributed by atoms with Gasteiger partial charge in [0.15, 0.2) is 0 Å². The van der Waals surface area contributed by atoms with Crippen LogP contribution < -0.4 is 10.1 Å². The van der Waals surface area contributed by atoms with Gasteiger partial charge in [-0.25, -0.2) is 14.4 Å². The molecule has 0 saturated carbocycles. The molecule has 48 heavy (non-hydrogen) atoms. The topological polar surface area (TPSA) is 161 Å². The Bertz CT molecular complexity index is 1500. The smallest absolute Gasteiger partial charge is 0.409 e. The number of nitrogens with one attached hydrogen (secondary N) is 1. The number of carboxylic acids is 1. The van der Waals surface area contributed by atoms with E-state index in [2.05, 4.69) is 10.2 Å². The molecule has 2 aromatic carbocycles. The van der Waals surface area contributed by atoms with Gasteiger partial charge in [-0.1, -0.05) is 42.5 Å². The first-order chi connectivity index (χ1) is 22.8. The molecule has 5 rings (SSSR count). The highest BCUT2D eigenvalue weighted by Crippen LogP contribution is 2.45. The molecule has 2 aromatic rings. The van der Waals surface area contributed by atoms with Gasteiger partial charge < -0.3 is 33.9 Å². The highest BCUT2D eigenvalue weighted by molar-refractivity contribution is 6.07. The lowest BCUT2D eigenvalue weighted by Gasteiger charge is -2.36. The fourth-order valence-electron chi connectivity index (χ4n) is 6.40. The third-order valence-corrected chi connectivity index (χ3v) is 8.90. The number of hydrogen-bond donors (Lipinski definition) is 2. The molecule has 2 N–H and O–H groups in total. The number of alkyl carbamates (subject to hydrolysis) is 1. The number of carbonyl (C=O) groups is 5. The number of fused-ring (bicyclic) bond motifs is 2. The molecule has 0 aromatic heterocycles. The standard InChI is InChI=1S/C35H43N3O10/c1-34(2,3)48-33(44)36-35(31(41)42,32(43)45-21-23-8-6-5-7-9-23)20-22-10-12-24(13-11-22)46-30(40)28-26-15-14-25(47-26)27(28)29(39)38-18-16-37(4)17-19-38/h5-13,25-28H,14-21H2,1-4H3,(H,36,44)(H,41,42). The first-order valence-electron chi connectivity index (χ1n) is 16.1. The van der Waals surface area contributed by atoms with Crippen molar-refractivity contribution in [1.29, 1.82) is 0 Å². The summed E-state index contributed by atoms with van der Waals surface area (Å²) in [6.07, 6.45) is -0.959. The second-order valence-electron chi connectivity index (χ2n) is 13.6. The molecular weight excluding hydrogens is 622 g/mol. The Morgan fingerprint density at radius 2 is 1.50 bits per heavy atom. The number of piperazine rings is 1. The number of ether oxygens (including phenoxy) is 4. The zero-order valence-electron chi connectivity index (χ0n) is 27.7. The number of esters is 2. The maximum Gasteiger partial charge on any atom is 0.409 e. The maximum atomic E-state index is 13.5. The largest absolute Gasteiger partial charge is 0.479 e. The Morgan fingerprint density at radius 3 is 2.10 bits per heavy atom. The lowest BCUT2D eigenvalue weighted by atomic mass is 9.78. The zero-order valence-corrected chi connectivity index (χ0v) is 27.7. The number of hydrogen-bond acceptors (Lipinski definition) is 10. The van der Waals surface area contributed by atoms with Crippen molar-refractivity contribution in [2.45, 2.75) is 70.0 Å². The van der Waals surface area contributed by atoms with Gasteiger partial charge in [-0.3, -0.25) is 14.9 Å². The number of nitrogens with zero attached hydrogens (tertiary/aromatic N) is 2. The van der Waals surface area contributed by atoms with Gasteiger partial charge in [0.05, 0.1) is 24.0 Å². The van der Waals surface area contributed by atoms with E-state index < -0.39 is 59.5 Å². The number of carbonyl (C=O) groups excluding carboxylic acids is 4. The molecular formula is C35H43N3O10. The Balaban J connectivity index is 1.30. The fraction of sp³-hybridized carbons (Fsp3) is 0.514. The second-order valence-corrected chi connectivity index (χ2v) is 13.6. The van der Waals surface area contributed by atoms with E-state index >= 15 is 0 Å². The monoisotopic (exact) mass is 665 g/mol. The number of amides is 2. The summed E-state index contributed by atoms with van der Waals surface area (Å²) in [4.78, 5) is 69.9. The predicted molar refractivity (Wildman–Crippen MR) is 171 cm³/mol. The highest BCUT2D eigenvalue weighted by atomic mass is 16.6. The quantitative estimate of drug-likeness (QED) is 0.218. The summed E-state index contributed by atoms with van der Waals surface area (Å²) in [5, 5.41) is 12.6. The van der Waals surface area contributed by atoms with Gasteiger partial charge in [0.25, 0.3) is 0 Å². The molecule has 2 amide bonds. The predicted octanol–water partition coefficient (Wildman–Crippen LogP) is 2.79. The van der Waals surface area contributed by atoms with E-state index in [1.165, 1.54) is 24.3 Å². The van der Waals surface area contributed by atoms with Gasteiger partial charge in [-0.2, -0.15) is 0 Å². The van der Waals surface area contributed by atoms with Crippen molar-refractivity contribution in [2.75, 3.05) is 33.2 Å². The van der Waals surface area contributed by atoms with Crippen LogP contribution in [0.5, 0.6) is 5.75 Å². The minimum Gasteiger partial charge on any atom is -0.479 e. The summed E-state index contributed by atoms with van der Waals surface area (Å²) >= 11 is 0. The van der Waals surface area contributed by atoms with Crippen molar-refractivity contribution in [3.63, 3.8) is 0 Å². The van der Waals surface area contributed by atoms with E-state index in [-0.39, 0.29) is 24.4 Å². The fourth-order valence-corrected chi connectivity index (χ4v) is 6.40. The Kier molecular flexibility index (Phi) is 10.4. The molecule has 3 aliphatic rings. The summed E-state index contributed by atoms with van der Waals surface area (Å²) in [6.45, 7) is 7.30. The number of rotatable bonds is 10. The van der Waals surface area contributed by atoms with Gasteiger partial charge in [0, 0.05) is 32.6 Å². The van der Waals surface area contributed by atoms with Crippen LogP contribution in [-0.2, 0) is 46.4 Å². The number of likely N-dealkylation sites (N-methyl/N-ethyl adjacent to an activating group) is 1. The van der Waals surface area contributed by atoms with E-state index in [0.717, 1.165) is 13.1 Å². The summed E-state index contributed by atoms with van der Waals surface area (Å²) in [5.41, 5.74) is -2.54. The summed E-state index contributed by atoms with van der Waals surface area (Å²) in [5.74, 6) is -4.68. The van der Waals surface area contributed by atoms with Crippen molar-refractivity contribution in [1.82, 2.24) is 15.1 Å². The van der Waals surface area contributed by atoms with Crippen LogP contribution in [-0.4, -0.2) is 101 Å². The third-order valence-electron chi connectivity index (χ3n) is 8.90. The summed E-state index contributed by atoms with van der Waals surface area (Å²) in [6, 6.07) is 14.6. The molecule has 258 valence electrons. The molecule has 13 nitrogen and oxygen atoms in total. The van der Waals surface area contributed by atoms with E-state index in [0.29, 0.717) is 37.1 Å². The van der Waals surface area contributed by atoms with Gasteiger partial charge >= 0.3 is 24.0 Å². The molecule has 3 saturated heterocycles. The van der Waals surface area contributed by atoms with Gasteiger partial charge in [-0.15, -0.1) is 0 Å². The SMILES string of the molecule is CN1CCN(C(=O)C2C3CCC(O3)C2C(=O)Oc2ccc(CC(NC(=O)OC(C)(C)C)(C(=O)O)C(=O)OCc3ccccc3)cc2)CC1. The molecule has 0 radical (unpaired) electrons. The zero-order chi connectivity index (χ0) is 34.6. The van der Waals surface area contributed by atoms with Crippen LogP contribution in [0.15, 0.2) is 54.6 Å². The maximum absolute atomic E-state index is 13.5. The molecule has 0 aliphatic carbocycles. The lowest BCUT2D eigenvalue weighted by molar-refractivity contribution is -0.164. The van der Waals surface area contributed by atoms with Crippen LogP contribution in [0.3, 0.4) is 0 Å². The van der Waals surface area contributed by atoms with E-state index in [1.54, 1.807) is 56.0 Å². The second kappa shape index (κ2) is 14.3. The van der Waals surface area contributed by atoms with Gasteiger partial charge in [0.2, 0.25) is 11.4 Å². The molecule has 3 heterocycles. The number of benzene rings is 2. The summed E-state index contributed by atoms with van der Waals surface area (Å²) in [7, 11) is 2.00. The first-order valence-corrected chi connectivity index (χ1v) is 16.1. The van der Waals surface area contributed by atoms with Crippen LogP contribution >= 0.6 is 0 Å². The van der Waals surface area contributed by atoms with Crippen LogP contribution in [0, 0.1) is 11.8 Å². The molecule has 3 aliphatic heterocycles. The molecule has 0 spiro atoms. The van der Waals surface area contributed by atoms with Crippen molar-refractivity contribution >= 4 is 29.9 Å². The first kappa shape index (κ1) is 34.8. The van der Waals surface area contributed by atoms with E-state index in [1.807, 2.05) is 7.05 Å². The molecule has 2 bridgehead atoms. The van der Waals surface area contributed by atoms with Gasteiger partial charge in [0.1, 0.15) is 18.0 Å². The number of carboxylic acid groups (broad SMARTS) is 1. The Hall–Kier alpha value is -4.49. The molecule has 5 unspecified atom stereocenters. The van der Waals surface area contributed by atoms with Crippen molar-refractivity contribution in [2.24, 2.45) is 11.8 Å². The highest BCUT2D eigenvalue weighted by Gasteiger charge is 2.57. The molecule has 13 heteroatoms. The Labute approximate surface area is 279 Å². The minimum absolute atomic E-state index is 0.0887. The average Bonchev–Trinajstić information content (AvgIpc) is 3.66. The van der Waals surface area contributed by atoms with Crippen LogP contribution in [0.25, 0.3) is 0 Å². The van der Waals surface area contributed by atoms with Crippen LogP contribution in [0.2, 0.25) is 0 Å². The van der Waals surface area contributed by atoms with Crippen LogP contribution in [0.4, 0.5) is 4.79 Å². The van der Waals surface area contributed by atoms with E-state index in [9.17, 15) is 29.1 Å². The third kappa shape index (κ3) is 7.96.